The van der Waals surface area contributed by atoms with Crippen LogP contribution in [-0.2, 0) is 15.7 Å². The van der Waals surface area contributed by atoms with Crippen LogP contribution in [0.15, 0.2) is 36.4 Å². The third-order valence-electron chi connectivity index (χ3n) is 6.76. The molecular weight excluding hydrogens is 578 g/mol. The van der Waals surface area contributed by atoms with Crippen molar-refractivity contribution in [2.24, 2.45) is 5.41 Å². The Kier molecular flexibility index (Phi) is 11.3. The standard InChI is InChI=1S/C19H30ClN.C11H14O2.ClH.Ru/c1-13(2)15-10-8-9-14(3)17(15)21-16(11-20)18(4,5)12-19(21,6)7;1-8(2)13-11-6-5-10(12-4)7-9(11)3;;/h8-10,13,16H,11-12H2,1-7H3;3,5-8H,1-2,4H3;1H;/q;;;+1/p-1. The van der Waals surface area contributed by atoms with Crippen LogP contribution in [0.4, 0.5) is 5.69 Å². The summed E-state index contributed by atoms with van der Waals surface area (Å²) >= 11 is 6.15. The van der Waals surface area contributed by atoms with Crippen molar-refractivity contribution in [2.45, 2.75) is 92.3 Å². The molecule has 0 spiro atoms. The van der Waals surface area contributed by atoms with E-state index in [1.807, 2.05) is 36.7 Å². The molecule has 1 unspecified atom stereocenters. The van der Waals surface area contributed by atoms with E-state index in [1.165, 1.54) is 23.2 Å². The van der Waals surface area contributed by atoms with E-state index in [0.717, 1.165) is 17.1 Å². The van der Waals surface area contributed by atoms with Gasteiger partial charge in [0.2, 0.25) is 0 Å². The van der Waals surface area contributed by atoms with Crippen LogP contribution < -0.4 is 14.4 Å². The molecule has 1 fully saturated rings. The molecule has 2 aromatic rings. The summed E-state index contributed by atoms with van der Waals surface area (Å²) in [5.41, 5.74) is 5.60. The summed E-state index contributed by atoms with van der Waals surface area (Å²) in [5.74, 6) is 2.89. The molecule has 1 atom stereocenters. The zero-order chi connectivity index (χ0) is 27.3. The maximum absolute atomic E-state index is 6.41. The van der Waals surface area contributed by atoms with E-state index in [9.17, 15) is 0 Å². The number of nitrogens with zero attached hydrogens (tertiary/aromatic N) is 1. The molecular formula is C30H44Cl2NO2Ru. The van der Waals surface area contributed by atoms with E-state index in [0.29, 0.717) is 17.8 Å². The third-order valence-corrected chi connectivity index (χ3v) is 8.24. The summed E-state index contributed by atoms with van der Waals surface area (Å²) in [6.45, 7) is 20.2. The Morgan fingerprint density at radius 2 is 1.78 bits per heavy atom. The maximum Gasteiger partial charge on any atom is 0.0482 e. The van der Waals surface area contributed by atoms with Crippen LogP contribution in [0, 0.1) is 12.3 Å². The van der Waals surface area contributed by atoms with Gasteiger partial charge in [0.05, 0.1) is 0 Å². The van der Waals surface area contributed by atoms with Crippen LogP contribution in [0.2, 0.25) is 0 Å². The second-order valence-electron chi connectivity index (χ2n) is 11.4. The number of ether oxygens (including phenoxy) is 2. The summed E-state index contributed by atoms with van der Waals surface area (Å²) in [6, 6.07) is 12.8. The van der Waals surface area contributed by atoms with E-state index >= 15 is 0 Å². The fourth-order valence-electron chi connectivity index (χ4n) is 5.44. The molecule has 0 radical (unpaired) electrons. The number of para-hydroxylation sites is 1. The minimum Gasteiger partial charge on any atom is -0.361 e. The first kappa shape index (κ1) is 31.1. The maximum atomic E-state index is 6.41. The van der Waals surface area contributed by atoms with Gasteiger partial charge in [0.1, 0.15) is 0 Å². The van der Waals surface area contributed by atoms with Crippen molar-refractivity contribution in [3.63, 3.8) is 0 Å². The van der Waals surface area contributed by atoms with Gasteiger partial charge in [-0.1, -0.05) is 45.9 Å². The van der Waals surface area contributed by atoms with Crippen LogP contribution in [0.25, 0.3) is 0 Å². The van der Waals surface area contributed by atoms with Crippen LogP contribution >= 0.6 is 21.3 Å². The van der Waals surface area contributed by atoms with Gasteiger partial charge in [-0.3, -0.25) is 0 Å². The zero-order valence-corrected chi connectivity index (χ0v) is 26.8. The predicted molar refractivity (Wildman–Crippen MR) is 155 cm³/mol. The summed E-state index contributed by atoms with van der Waals surface area (Å²) in [5, 5.41) is 0. The van der Waals surface area contributed by atoms with Gasteiger partial charge < -0.3 is 4.90 Å². The second kappa shape index (κ2) is 13.1. The van der Waals surface area contributed by atoms with Crippen LogP contribution in [0.5, 0.6) is 11.5 Å². The van der Waals surface area contributed by atoms with Gasteiger partial charge in [-0.2, -0.15) is 0 Å². The topological polar surface area (TPSA) is 21.7 Å². The molecule has 1 heterocycles. The number of anilines is 1. The molecule has 1 aliphatic rings. The van der Waals surface area contributed by atoms with Gasteiger partial charge in [-0.15, -0.1) is 11.6 Å². The number of benzene rings is 2. The monoisotopic (exact) mass is 622 g/mol. The molecule has 36 heavy (non-hydrogen) atoms. The molecule has 203 valence electrons. The number of aryl methyl sites for hydroxylation is 1. The molecule has 6 heteroatoms. The minimum absolute atomic E-state index is 0.138. The molecule has 0 N–H and O–H groups in total. The van der Waals surface area contributed by atoms with Crippen molar-refractivity contribution in [3.05, 3.63) is 53.1 Å². The Hall–Kier alpha value is -1.09. The molecule has 1 aliphatic heterocycles. The molecule has 2 aromatic carbocycles. The van der Waals surface area contributed by atoms with E-state index in [2.05, 4.69) is 71.6 Å². The molecule has 0 aromatic heterocycles. The molecule has 1 saturated heterocycles. The number of halogens is 2. The van der Waals surface area contributed by atoms with Gasteiger partial charge >= 0.3 is 102 Å². The summed E-state index contributed by atoms with van der Waals surface area (Å²) in [4.78, 5) is 2.62. The van der Waals surface area contributed by atoms with E-state index in [-0.39, 0.29) is 32.7 Å². The van der Waals surface area contributed by atoms with Crippen molar-refractivity contribution in [1.82, 2.24) is 0 Å². The van der Waals surface area contributed by atoms with Crippen molar-refractivity contribution < 1.29 is 25.2 Å². The third kappa shape index (κ3) is 7.49. The molecule has 3 rings (SSSR count). The Morgan fingerprint density at radius 3 is 2.31 bits per heavy atom. The first-order valence-corrected chi connectivity index (χ1v) is 16.4. The van der Waals surface area contributed by atoms with Crippen LogP contribution in [0.3, 0.4) is 0 Å². The first-order chi connectivity index (χ1) is 16.8. The van der Waals surface area contributed by atoms with Gasteiger partial charge in [-0.25, -0.2) is 0 Å². The minimum atomic E-state index is -0.260. The van der Waals surface area contributed by atoms with Crippen molar-refractivity contribution in [1.29, 1.82) is 0 Å². The van der Waals surface area contributed by atoms with Gasteiger partial charge in [-0.05, 0) is 49.7 Å². The van der Waals surface area contributed by atoms with Crippen molar-refractivity contribution >= 4 is 31.6 Å². The van der Waals surface area contributed by atoms with E-state index in [1.54, 1.807) is 7.11 Å². The smallest absolute Gasteiger partial charge is 0.0482 e. The molecule has 3 nitrogen and oxygen atoms in total. The quantitative estimate of drug-likeness (QED) is 0.228. The zero-order valence-electron chi connectivity index (χ0n) is 23.6. The molecule has 0 saturated carbocycles. The Balaban J connectivity index is 0.000000269. The van der Waals surface area contributed by atoms with Crippen molar-refractivity contribution in [2.75, 3.05) is 17.9 Å². The average molecular weight is 623 g/mol. The molecule has 0 bridgehead atoms. The number of hydrogen-bond donors (Lipinski definition) is 0. The largest absolute Gasteiger partial charge is 0.361 e. The average Bonchev–Trinajstić information content (AvgIpc) is 2.97. The van der Waals surface area contributed by atoms with E-state index in [4.69, 9.17) is 30.8 Å². The predicted octanol–water partition coefficient (Wildman–Crippen LogP) is 8.61. The number of alkyl halides is 1. The fourth-order valence-corrected chi connectivity index (χ4v) is 7.08. The summed E-state index contributed by atoms with van der Waals surface area (Å²) < 4.78 is 12.8. The molecule has 0 amide bonds. The fraction of sp³-hybridized carbons (Fsp3) is 0.567. The SMILES string of the molecule is COc1ccc(OC(C)C)c([CH]=[Ru][Cl])c1.Cc1cccc(C(C)C)c1N1C(CCl)C(C)(C)CC1(C)C. The normalized spacial score (nSPS) is 18.7. The van der Waals surface area contributed by atoms with Crippen LogP contribution in [-0.4, -0.2) is 35.3 Å². The van der Waals surface area contributed by atoms with Gasteiger partial charge in [0.25, 0.3) is 0 Å². The number of rotatable bonds is 7. The summed E-state index contributed by atoms with van der Waals surface area (Å²) in [7, 11) is 7.43. The Labute approximate surface area is 236 Å². The number of methoxy groups -OCH3 is 1. The van der Waals surface area contributed by atoms with Crippen molar-refractivity contribution in [3.8, 4) is 11.5 Å². The van der Waals surface area contributed by atoms with E-state index < -0.39 is 0 Å². The Bertz CT molecular complexity index is 1030. The van der Waals surface area contributed by atoms with Gasteiger partial charge in [0.15, 0.2) is 0 Å². The summed E-state index contributed by atoms with van der Waals surface area (Å²) in [6.07, 6.45) is 1.33. The number of hydrogen-bond acceptors (Lipinski definition) is 3. The van der Waals surface area contributed by atoms with Gasteiger partial charge in [0, 0.05) is 23.1 Å². The Morgan fingerprint density at radius 1 is 1.11 bits per heavy atom. The first-order valence-electron chi connectivity index (χ1n) is 12.6. The second-order valence-corrected chi connectivity index (χ2v) is 13.5. The molecule has 0 aliphatic carbocycles. The van der Waals surface area contributed by atoms with Crippen LogP contribution in [0.1, 0.15) is 84.4 Å².